The normalized spacial score (nSPS) is 17.2. The number of ether oxygens (including phenoxy) is 1. The van der Waals surface area contributed by atoms with E-state index in [0.717, 1.165) is 11.8 Å². The van der Waals surface area contributed by atoms with E-state index in [9.17, 15) is 18.0 Å². The Morgan fingerprint density at radius 1 is 1.14 bits per heavy atom. The highest BCUT2D eigenvalue weighted by atomic mass is 32.2. The van der Waals surface area contributed by atoms with Crippen LogP contribution in [-0.4, -0.2) is 50.6 Å². The number of sulfonamides is 1. The molecular formula is C19H21N3O5S. The standard InChI is InChI=1S/C19H21N3O5S/c1-28(25,26)21-16-9-5-8-15(10-16)20-19(24)17-12-27-13-18(23)22(17)11-14-6-3-2-4-7-14/h2-10,17,21H,11-13H2,1H3,(H,20,24)/t17-/m1/s1. The number of nitrogens with one attached hydrogen (secondary N) is 2. The number of hydrogen-bond donors (Lipinski definition) is 2. The lowest BCUT2D eigenvalue weighted by Crippen LogP contribution is -2.54. The Bertz CT molecular complexity index is 963. The van der Waals surface area contributed by atoms with E-state index >= 15 is 0 Å². The van der Waals surface area contributed by atoms with Gasteiger partial charge in [-0.2, -0.15) is 0 Å². The summed E-state index contributed by atoms with van der Waals surface area (Å²) >= 11 is 0. The van der Waals surface area contributed by atoms with E-state index in [2.05, 4.69) is 10.0 Å². The van der Waals surface area contributed by atoms with E-state index in [1.165, 1.54) is 11.0 Å². The molecule has 3 rings (SSSR count). The van der Waals surface area contributed by atoms with Crippen LogP contribution in [0.2, 0.25) is 0 Å². The van der Waals surface area contributed by atoms with Crippen LogP contribution in [0.25, 0.3) is 0 Å². The van der Waals surface area contributed by atoms with Gasteiger partial charge in [0.05, 0.1) is 18.6 Å². The third-order valence-corrected chi connectivity index (χ3v) is 4.74. The van der Waals surface area contributed by atoms with Crippen molar-refractivity contribution >= 4 is 33.2 Å². The molecule has 9 heteroatoms. The molecular weight excluding hydrogens is 382 g/mol. The number of benzene rings is 2. The number of carbonyl (C=O) groups is 2. The molecule has 1 heterocycles. The molecule has 8 nitrogen and oxygen atoms in total. The zero-order valence-corrected chi connectivity index (χ0v) is 16.1. The molecule has 2 N–H and O–H groups in total. The monoisotopic (exact) mass is 403 g/mol. The SMILES string of the molecule is CS(=O)(=O)Nc1cccc(NC(=O)[C@H]2COCC(=O)N2Cc2ccccc2)c1. The Hall–Kier alpha value is -2.91. The fraction of sp³-hybridized carbons (Fsp3) is 0.263. The maximum Gasteiger partial charge on any atom is 0.249 e. The minimum Gasteiger partial charge on any atom is -0.369 e. The minimum absolute atomic E-state index is 0.0651. The molecule has 0 aromatic heterocycles. The summed E-state index contributed by atoms with van der Waals surface area (Å²) < 4.78 is 30.4. The molecule has 1 fully saturated rings. The third kappa shape index (κ3) is 5.30. The van der Waals surface area contributed by atoms with Crippen LogP contribution in [-0.2, 0) is 30.9 Å². The summed E-state index contributed by atoms with van der Waals surface area (Å²) in [5, 5.41) is 2.73. The van der Waals surface area contributed by atoms with E-state index in [1.807, 2.05) is 30.3 Å². The average molecular weight is 403 g/mol. The molecule has 2 aromatic carbocycles. The molecule has 2 aromatic rings. The summed E-state index contributed by atoms with van der Waals surface area (Å²) in [6, 6.07) is 14.9. The zero-order chi connectivity index (χ0) is 20.1. The first kappa shape index (κ1) is 19.8. The van der Waals surface area contributed by atoms with Crippen molar-refractivity contribution in [2.24, 2.45) is 0 Å². The van der Waals surface area contributed by atoms with Gasteiger partial charge in [0, 0.05) is 12.2 Å². The lowest BCUT2D eigenvalue weighted by molar-refractivity contribution is -0.154. The van der Waals surface area contributed by atoms with Crippen molar-refractivity contribution in [1.29, 1.82) is 0 Å². The molecule has 1 saturated heterocycles. The van der Waals surface area contributed by atoms with Crippen molar-refractivity contribution < 1.29 is 22.7 Å². The van der Waals surface area contributed by atoms with Gasteiger partial charge in [-0.15, -0.1) is 0 Å². The highest BCUT2D eigenvalue weighted by Gasteiger charge is 2.34. The second-order valence-electron chi connectivity index (χ2n) is 6.48. The van der Waals surface area contributed by atoms with Crippen LogP contribution in [0.5, 0.6) is 0 Å². The lowest BCUT2D eigenvalue weighted by atomic mass is 10.1. The van der Waals surface area contributed by atoms with Gasteiger partial charge < -0.3 is 15.0 Å². The van der Waals surface area contributed by atoms with Crippen LogP contribution >= 0.6 is 0 Å². The van der Waals surface area contributed by atoms with Gasteiger partial charge in [-0.05, 0) is 23.8 Å². The third-order valence-electron chi connectivity index (χ3n) is 4.13. The molecule has 0 bridgehead atoms. The van der Waals surface area contributed by atoms with Crippen LogP contribution in [0.4, 0.5) is 11.4 Å². The van der Waals surface area contributed by atoms with Crippen LogP contribution in [0.1, 0.15) is 5.56 Å². The molecule has 148 valence electrons. The smallest absolute Gasteiger partial charge is 0.249 e. The van der Waals surface area contributed by atoms with Gasteiger partial charge in [-0.25, -0.2) is 8.42 Å². The number of hydrogen-bond acceptors (Lipinski definition) is 5. The molecule has 0 unspecified atom stereocenters. The van der Waals surface area contributed by atoms with Crippen molar-refractivity contribution in [3.8, 4) is 0 Å². The van der Waals surface area contributed by atoms with Crippen molar-refractivity contribution in [3.05, 3.63) is 60.2 Å². The molecule has 2 amide bonds. The average Bonchev–Trinajstić information content (AvgIpc) is 2.63. The van der Waals surface area contributed by atoms with Gasteiger partial charge in [0.2, 0.25) is 21.8 Å². The Morgan fingerprint density at radius 2 is 1.86 bits per heavy atom. The first-order valence-corrected chi connectivity index (χ1v) is 10.5. The summed E-state index contributed by atoms with van der Waals surface area (Å²) in [5.74, 6) is -0.664. The van der Waals surface area contributed by atoms with Crippen LogP contribution in [0.3, 0.4) is 0 Å². The van der Waals surface area contributed by atoms with Crippen molar-refractivity contribution in [3.63, 3.8) is 0 Å². The second kappa shape index (κ2) is 8.41. The second-order valence-corrected chi connectivity index (χ2v) is 8.23. The van der Waals surface area contributed by atoms with E-state index < -0.39 is 22.0 Å². The highest BCUT2D eigenvalue weighted by Crippen LogP contribution is 2.19. The topological polar surface area (TPSA) is 105 Å². The summed E-state index contributed by atoms with van der Waals surface area (Å²) in [7, 11) is -3.43. The Labute approximate surface area is 163 Å². The van der Waals surface area contributed by atoms with Crippen LogP contribution in [0, 0.1) is 0 Å². The Kier molecular flexibility index (Phi) is 5.96. The molecule has 0 radical (unpaired) electrons. The molecule has 0 saturated carbocycles. The molecule has 1 aliphatic heterocycles. The number of carbonyl (C=O) groups excluding carboxylic acids is 2. The van der Waals surface area contributed by atoms with Gasteiger partial charge >= 0.3 is 0 Å². The number of anilines is 2. The van der Waals surface area contributed by atoms with Crippen molar-refractivity contribution in [2.75, 3.05) is 29.5 Å². The predicted molar refractivity (Wildman–Crippen MR) is 105 cm³/mol. The molecule has 0 aliphatic carbocycles. The van der Waals surface area contributed by atoms with Gasteiger partial charge in [0.15, 0.2) is 0 Å². The number of morpholine rings is 1. The first-order chi connectivity index (χ1) is 13.3. The molecule has 0 spiro atoms. The maximum atomic E-state index is 12.8. The van der Waals surface area contributed by atoms with Crippen LogP contribution < -0.4 is 10.0 Å². The van der Waals surface area contributed by atoms with Crippen molar-refractivity contribution in [1.82, 2.24) is 4.90 Å². The molecule has 28 heavy (non-hydrogen) atoms. The largest absolute Gasteiger partial charge is 0.369 e. The first-order valence-electron chi connectivity index (χ1n) is 8.62. The van der Waals surface area contributed by atoms with E-state index in [4.69, 9.17) is 4.74 Å². The molecule has 1 aliphatic rings. The van der Waals surface area contributed by atoms with Gasteiger partial charge in [-0.3, -0.25) is 14.3 Å². The van der Waals surface area contributed by atoms with Gasteiger partial charge in [0.1, 0.15) is 12.6 Å². The summed E-state index contributed by atoms with van der Waals surface area (Å²) in [6.45, 7) is 0.326. The maximum absolute atomic E-state index is 12.8. The van der Waals surface area contributed by atoms with Crippen LogP contribution in [0.15, 0.2) is 54.6 Å². The highest BCUT2D eigenvalue weighted by molar-refractivity contribution is 7.92. The van der Waals surface area contributed by atoms with E-state index in [0.29, 0.717) is 17.9 Å². The summed E-state index contributed by atoms with van der Waals surface area (Å²) in [6.07, 6.45) is 1.05. The summed E-state index contributed by atoms with van der Waals surface area (Å²) in [4.78, 5) is 26.6. The van der Waals surface area contributed by atoms with Gasteiger partial charge in [-0.1, -0.05) is 36.4 Å². The minimum atomic E-state index is -3.43. The van der Waals surface area contributed by atoms with Crippen molar-refractivity contribution in [2.45, 2.75) is 12.6 Å². The summed E-state index contributed by atoms with van der Waals surface area (Å²) in [5.41, 5.74) is 1.66. The number of rotatable bonds is 6. The number of amides is 2. The fourth-order valence-corrected chi connectivity index (χ4v) is 3.46. The Morgan fingerprint density at radius 3 is 2.57 bits per heavy atom. The van der Waals surface area contributed by atoms with E-state index in [-0.39, 0.29) is 19.1 Å². The zero-order valence-electron chi connectivity index (χ0n) is 15.3. The lowest BCUT2D eigenvalue weighted by Gasteiger charge is -2.34. The number of nitrogens with zero attached hydrogens (tertiary/aromatic N) is 1. The Balaban J connectivity index is 1.74. The van der Waals surface area contributed by atoms with E-state index in [1.54, 1.807) is 18.2 Å². The van der Waals surface area contributed by atoms with Gasteiger partial charge in [0.25, 0.3) is 0 Å². The molecule has 1 atom stereocenters. The predicted octanol–water partition coefficient (Wildman–Crippen LogP) is 1.42. The quantitative estimate of drug-likeness (QED) is 0.759. The fourth-order valence-electron chi connectivity index (χ4n) is 2.90.